The first kappa shape index (κ1) is 12.1. The van der Waals surface area contributed by atoms with Gasteiger partial charge in [-0.15, -0.1) is 13.2 Å². The SMILES string of the molecule is FC(F)(F)Oc1ccccc1-c1nsnc1Cl. The van der Waals surface area contributed by atoms with Crippen molar-refractivity contribution in [2.45, 2.75) is 6.36 Å². The second-order valence-electron chi connectivity index (χ2n) is 2.95. The maximum atomic E-state index is 12.2. The molecule has 0 unspecified atom stereocenters. The van der Waals surface area contributed by atoms with Gasteiger partial charge in [-0.1, -0.05) is 23.7 Å². The van der Waals surface area contributed by atoms with E-state index in [2.05, 4.69) is 13.5 Å². The number of nitrogens with zero attached hydrogens (tertiary/aromatic N) is 2. The molecule has 0 bridgehead atoms. The van der Waals surface area contributed by atoms with Crippen LogP contribution in [0.4, 0.5) is 13.2 Å². The zero-order valence-corrected chi connectivity index (χ0v) is 9.60. The fourth-order valence-corrected chi connectivity index (χ4v) is 1.97. The molecular formula is C9H4ClF3N2OS. The molecule has 8 heteroatoms. The second-order valence-corrected chi connectivity index (χ2v) is 3.83. The molecule has 2 rings (SSSR count). The number of hydrogen-bond donors (Lipinski definition) is 0. The third kappa shape index (κ3) is 2.86. The predicted molar refractivity (Wildman–Crippen MR) is 57.0 cm³/mol. The average molecular weight is 281 g/mol. The molecule has 1 heterocycles. The Hall–Kier alpha value is -1.34. The molecule has 0 N–H and O–H groups in total. The highest BCUT2D eigenvalue weighted by Gasteiger charge is 2.32. The summed E-state index contributed by atoms with van der Waals surface area (Å²) >= 11 is 6.54. The third-order valence-electron chi connectivity index (χ3n) is 1.82. The molecular weight excluding hydrogens is 277 g/mol. The van der Waals surface area contributed by atoms with E-state index in [-0.39, 0.29) is 22.2 Å². The van der Waals surface area contributed by atoms with Crippen molar-refractivity contribution in [2.75, 3.05) is 0 Å². The monoisotopic (exact) mass is 280 g/mol. The van der Waals surface area contributed by atoms with E-state index in [9.17, 15) is 13.2 Å². The zero-order valence-electron chi connectivity index (χ0n) is 8.03. The average Bonchev–Trinajstić information content (AvgIpc) is 2.63. The van der Waals surface area contributed by atoms with Gasteiger partial charge < -0.3 is 4.74 Å². The van der Waals surface area contributed by atoms with E-state index in [0.29, 0.717) is 0 Å². The van der Waals surface area contributed by atoms with Gasteiger partial charge in [-0.05, 0) is 12.1 Å². The van der Waals surface area contributed by atoms with Crippen LogP contribution in [0.15, 0.2) is 24.3 Å². The minimum atomic E-state index is -4.76. The van der Waals surface area contributed by atoms with E-state index in [1.807, 2.05) is 0 Å². The standard InChI is InChI=1S/C9H4ClF3N2OS/c10-8-7(14-17-15-8)5-3-1-2-4-6(5)16-9(11,12)13/h1-4H. The van der Waals surface area contributed by atoms with Gasteiger partial charge in [-0.3, -0.25) is 0 Å². The number of alkyl halides is 3. The normalized spacial score (nSPS) is 11.5. The molecule has 0 aliphatic rings. The third-order valence-corrected chi connectivity index (χ3v) is 2.71. The van der Waals surface area contributed by atoms with E-state index in [4.69, 9.17) is 11.6 Å². The number of rotatable bonds is 2. The summed E-state index contributed by atoms with van der Waals surface area (Å²) in [5, 5.41) is 0.0493. The molecule has 0 radical (unpaired) electrons. The lowest BCUT2D eigenvalue weighted by Crippen LogP contribution is -2.17. The van der Waals surface area contributed by atoms with Crippen molar-refractivity contribution < 1.29 is 17.9 Å². The summed E-state index contributed by atoms with van der Waals surface area (Å²) in [5.74, 6) is -0.352. The van der Waals surface area contributed by atoms with Gasteiger partial charge in [0, 0.05) is 5.56 Å². The van der Waals surface area contributed by atoms with Gasteiger partial charge in [0.2, 0.25) is 0 Å². The molecule has 17 heavy (non-hydrogen) atoms. The van der Waals surface area contributed by atoms with Gasteiger partial charge in [0.05, 0.1) is 11.7 Å². The summed E-state index contributed by atoms with van der Waals surface area (Å²) in [4.78, 5) is 0. The number of benzene rings is 1. The summed E-state index contributed by atoms with van der Waals surface area (Å²) in [5.41, 5.74) is 0.333. The Kier molecular flexibility index (Phi) is 3.21. The Morgan fingerprint density at radius 3 is 2.47 bits per heavy atom. The second kappa shape index (κ2) is 4.50. The van der Waals surface area contributed by atoms with Gasteiger partial charge >= 0.3 is 6.36 Å². The van der Waals surface area contributed by atoms with Crippen LogP contribution >= 0.6 is 23.3 Å². The smallest absolute Gasteiger partial charge is 0.405 e. The van der Waals surface area contributed by atoms with Crippen LogP contribution in [0.1, 0.15) is 0 Å². The van der Waals surface area contributed by atoms with Crippen LogP contribution < -0.4 is 4.74 Å². The highest BCUT2D eigenvalue weighted by Crippen LogP contribution is 2.35. The Bertz CT molecular complexity index is 529. The summed E-state index contributed by atoms with van der Waals surface area (Å²) in [6, 6.07) is 5.62. The number of hydrogen-bond acceptors (Lipinski definition) is 4. The van der Waals surface area contributed by atoms with Crippen molar-refractivity contribution in [3.05, 3.63) is 29.4 Å². The molecule has 1 aromatic heterocycles. The van der Waals surface area contributed by atoms with Crippen molar-refractivity contribution in [3.8, 4) is 17.0 Å². The minimum absolute atomic E-state index is 0.0493. The van der Waals surface area contributed by atoms with E-state index in [1.165, 1.54) is 18.2 Å². The Labute approximate surface area is 103 Å². The molecule has 0 saturated carbocycles. The maximum absolute atomic E-state index is 12.2. The first-order chi connectivity index (χ1) is 7.97. The van der Waals surface area contributed by atoms with Crippen LogP contribution in [0.25, 0.3) is 11.3 Å². The number of ether oxygens (including phenoxy) is 1. The fraction of sp³-hybridized carbons (Fsp3) is 0.111. The highest BCUT2D eigenvalue weighted by molar-refractivity contribution is 6.99. The lowest BCUT2D eigenvalue weighted by atomic mass is 10.1. The van der Waals surface area contributed by atoms with Crippen molar-refractivity contribution in [1.29, 1.82) is 0 Å². The van der Waals surface area contributed by atoms with Crippen LogP contribution in [0.2, 0.25) is 5.15 Å². The largest absolute Gasteiger partial charge is 0.573 e. The molecule has 0 spiro atoms. The summed E-state index contributed by atoms with van der Waals surface area (Å²) in [6.45, 7) is 0. The Morgan fingerprint density at radius 1 is 1.18 bits per heavy atom. The van der Waals surface area contributed by atoms with Crippen molar-refractivity contribution in [2.24, 2.45) is 0 Å². The molecule has 3 nitrogen and oxygen atoms in total. The molecule has 90 valence electrons. The van der Waals surface area contributed by atoms with Gasteiger partial charge in [-0.25, -0.2) is 0 Å². The minimum Gasteiger partial charge on any atom is -0.405 e. The summed E-state index contributed by atoms with van der Waals surface area (Å²) in [7, 11) is 0. The van der Waals surface area contributed by atoms with E-state index >= 15 is 0 Å². The van der Waals surface area contributed by atoms with E-state index < -0.39 is 6.36 Å². The fourth-order valence-electron chi connectivity index (χ4n) is 1.21. The topological polar surface area (TPSA) is 35.0 Å². The van der Waals surface area contributed by atoms with Crippen LogP contribution in [-0.4, -0.2) is 15.1 Å². The Morgan fingerprint density at radius 2 is 1.88 bits per heavy atom. The number of aromatic nitrogens is 2. The lowest BCUT2D eigenvalue weighted by Gasteiger charge is -2.11. The van der Waals surface area contributed by atoms with Crippen LogP contribution in [0.3, 0.4) is 0 Å². The first-order valence-corrected chi connectivity index (χ1v) is 5.41. The molecule has 0 aliphatic heterocycles. The molecule has 0 fully saturated rings. The summed E-state index contributed by atoms with van der Waals surface area (Å²) in [6.07, 6.45) is -4.76. The van der Waals surface area contributed by atoms with Crippen molar-refractivity contribution in [3.63, 3.8) is 0 Å². The van der Waals surface area contributed by atoms with Crippen LogP contribution in [0.5, 0.6) is 5.75 Å². The molecule has 2 aromatic rings. The molecule has 0 aliphatic carbocycles. The van der Waals surface area contributed by atoms with Crippen molar-refractivity contribution >= 4 is 23.3 Å². The van der Waals surface area contributed by atoms with Crippen molar-refractivity contribution in [1.82, 2.24) is 8.75 Å². The molecule has 1 aromatic carbocycles. The summed E-state index contributed by atoms with van der Waals surface area (Å²) < 4.78 is 47.9. The molecule has 0 atom stereocenters. The maximum Gasteiger partial charge on any atom is 0.573 e. The van der Waals surface area contributed by atoms with Crippen LogP contribution in [0, 0.1) is 0 Å². The highest BCUT2D eigenvalue weighted by atomic mass is 35.5. The zero-order chi connectivity index (χ0) is 12.5. The van der Waals surface area contributed by atoms with Gasteiger partial charge in [0.1, 0.15) is 11.4 Å². The quantitative estimate of drug-likeness (QED) is 0.840. The number of halogens is 4. The lowest BCUT2D eigenvalue weighted by molar-refractivity contribution is -0.274. The molecule has 0 saturated heterocycles. The van der Waals surface area contributed by atoms with Crippen LogP contribution in [-0.2, 0) is 0 Å². The van der Waals surface area contributed by atoms with E-state index in [0.717, 1.165) is 11.7 Å². The number of para-hydroxylation sites is 1. The van der Waals surface area contributed by atoms with Gasteiger partial charge in [0.15, 0.2) is 5.15 Å². The van der Waals surface area contributed by atoms with Gasteiger partial charge in [-0.2, -0.15) is 8.75 Å². The van der Waals surface area contributed by atoms with E-state index in [1.54, 1.807) is 6.07 Å². The molecule has 0 amide bonds. The first-order valence-electron chi connectivity index (χ1n) is 4.30. The van der Waals surface area contributed by atoms with Gasteiger partial charge in [0.25, 0.3) is 0 Å². The Balaban J connectivity index is 2.45. The predicted octanol–water partition coefficient (Wildman–Crippen LogP) is 3.76.